The summed E-state index contributed by atoms with van der Waals surface area (Å²) < 4.78 is 5.30. The van der Waals surface area contributed by atoms with Gasteiger partial charge >= 0.3 is 6.09 Å². The summed E-state index contributed by atoms with van der Waals surface area (Å²) in [6.45, 7) is 5.83. The molecule has 1 N–H and O–H groups in total. The Bertz CT molecular complexity index is 781. The van der Waals surface area contributed by atoms with Gasteiger partial charge in [0.05, 0.1) is 6.54 Å². The molecule has 0 bridgehead atoms. The number of carbonyl (C=O) groups excluding carboxylic acids is 2. The Labute approximate surface area is 147 Å². The highest BCUT2D eigenvalue weighted by atomic mass is 16.6. The second kappa shape index (κ2) is 6.59. The molecule has 0 spiro atoms. The molecule has 2 aromatic carbocycles. The summed E-state index contributed by atoms with van der Waals surface area (Å²) in [6, 6.07) is 16.6. The molecule has 1 aliphatic heterocycles. The Balaban J connectivity index is 1.84. The summed E-state index contributed by atoms with van der Waals surface area (Å²) >= 11 is 0. The number of rotatable bonds is 3. The van der Waals surface area contributed by atoms with E-state index in [0.717, 1.165) is 16.8 Å². The van der Waals surface area contributed by atoms with Crippen molar-refractivity contribution in [3.8, 4) is 0 Å². The van der Waals surface area contributed by atoms with E-state index in [1.807, 2.05) is 54.6 Å². The second-order valence-corrected chi connectivity index (χ2v) is 7.05. The number of anilines is 1. The van der Waals surface area contributed by atoms with E-state index in [1.165, 1.54) is 0 Å². The molecular formula is C20H22N2O3. The fraction of sp³-hybridized carbons (Fsp3) is 0.300. The average molecular weight is 338 g/mol. The largest absolute Gasteiger partial charge is 0.444 e. The first-order valence-electron chi connectivity index (χ1n) is 8.29. The van der Waals surface area contributed by atoms with Gasteiger partial charge in [-0.1, -0.05) is 48.5 Å². The van der Waals surface area contributed by atoms with Gasteiger partial charge in [0, 0.05) is 11.3 Å². The van der Waals surface area contributed by atoms with Gasteiger partial charge in [-0.15, -0.1) is 0 Å². The highest BCUT2D eigenvalue weighted by molar-refractivity contribution is 6.05. The summed E-state index contributed by atoms with van der Waals surface area (Å²) in [6.07, 6.45) is -0.595. The highest BCUT2D eigenvalue weighted by Gasteiger charge is 2.38. The molecule has 5 nitrogen and oxygen atoms in total. The van der Waals surface area contributed by atoms with Gasteiger partial charge in [-0.3, -0.25) is 4.79 Å². The van der Waals surface area contributed by atoms with Gasteiger partial charge < -0.3 is 15.0 Å². The standard InChI is InChI=1S/C20H22N2O3/c1-20(2,3)25-19(24)21-17-15-11-7-8-12-16(15)22(18(17)23)13-14-9-5-4-6-10-14/h4-12,17H,13H2,1-3H3,(H,21,24). The minimum atomic E-state index is -0.727. The van der Waals surface area contributed by atoms with Crippen molar-refractivity contribution in [1.29, 1.82) is 0 Å². The Kier molecular flexibility index (Phi) is 4.49. The Morgan fingerprint density at radius 3 is 2.40 bits per heavy atom. The van der Waals surface area contributed by atoms with Crippen LogP contribution >= 0.6 is 0 Å². The van der Waals surface area contributed by atoms with Crippen LogP contribution < -0.4 is 10.2 Å². The van der Waals surface area contributed by atoms with Gasteiger partial charge in [0.25, 0.3) is 5.91 Å². The third-order valence-electron chi connectivity index (χ3n) is 3.90. The van der Waals surface area contributed by atoms with Crippen molar-refractivity contribution in [2.75, 3.05) is 4.90 Å². The fourth-order valence-corrected chi connectivity index (χ4v) is 2.88. The van der Waals surface area contributed by atoms with E-state index < -0.39 is 17.7 Å². The molecule has 1 atom stereocenters. The number of benzene rings is 2. The summed E-state index contributed by atoms with van der Waals surface area (Å²) in [5.74, 6) is -0.157. The molecule has 0 aliphatic carbocycles. The topological polar surface area (TPSA) is 58.6 Å². The number of carbonyl (C=O) groups is 2. The zero-order valence-corrected chi connectivity index (χ0v) is 14.7. The number of ether oxygens (including phenoxy) is 1. The lowest BCUT2D eigenvalue weighted by Crippen LogP contribution is -2.40. The predicted octanol–water partition coefficient (Wildman–Crippen LogP) is 3.80. The zero-order valence-electron chi connectivity index (χ0n) is 14.7. The summed E-state index contributed by atoms with van der Waals surface area (Å²) in [4.78, 5) is 26.8. The predicted molar refractivity (Wildman–Crippen MR) is 96.2 cm³/mol. The van der Waals surface area contributed by atoms with E-state index in [4.69, 9.17) is 4.74 Å². The van der Waals surface area contributed by atoms with Crippen LogP contribution in [0.1, 0.15) is 37.9 Å². The molecule has 2 aromatic rings. The summed E-state index contributed by atoms with van der Waals surface area (Å²) in [7, 11) is 0. The maximum absolute atomic E-state index is 12.9. The first-order valence-corrected chi connectivity index (χ1v) is 8.29. The molecular weight excluding hydrogens is 316 g/mol. The van der Waals surface area contributed by atoms with Crippen molar-refractivity contribution in [3.05, 3.63) is 65.7 Å². The Hall–Kier alpha value is -2.82. The van der Waals surface area contributed by atoms with E-state index in [1.54, 1.807) is 25.7 Å². The fourth-order valence-electron chi connectivity index (χ4n) is 2.88. The maximum atomic E-state index is 12.9. The first-order chi connectivity index (χ1) is 11.8. The van der Waals surface area contributed by atoms with Gasteiger partial charge in [0.2, 0.25) is 0 Å². The minimum Gasteiger partial charge on any atom is -0.444 e. The van der Waals surface area contributed by atoms with E-state index in [-0.39, 0.29) is 5.91 Å². The lowest BCUT2D eigenvalue weighted by atomic mass is 10.1. The number of nitrogens with one attached hydrogen (secondary N) is 1. The molecule has 0 saturated carbocycles. The number of hydrogen-bond acceptors (Lipinski definition) is 3. The second-order valence-electron chi connectivity index (χ2n) is 7.05. The lowest BCUT2D eigenvalue weighted by molar-refractivity contribution is -0.120. The van der Waals surface area contributed by atoms with Crippen molar-refractivity contribution >= 4 is 17.7 Å². The molecule has 5 heteroatoms. The quantitative estimate of drug-likeness (QED) is 0.926. The lowest BCUT2D eigenvalue weighted by Gasteiger charge is -2.22. The van der Waals surface area contributed by atoms with Crippen LogP contribution in [0.4, 0.5) is 10.5 Å². The van der Waals surface area contributed by atoms with E-state index in [2.05, 4.69) is 5.32 Å². The monoisotopic (exact) mass is 338 g/mol. The Morgan fingerprint density at radius 1 is 1.08 bits per heavy atom. The molecule has 1 heterocycles. The third-order valence-corrected chi connectivity index (χ3v) is 3.90. The number of hydrogen-bond donors (Lipinski definition) is 1. The average Bonchev–Trinajstić information content (AvgIpc) is 2.80. The summed E-state index contributed by atoms with van der Waals surface area (Å²) in [5.41, 5.74) is 2.02. The molecule has 0 fully saturated rings. The van der Waals surface area contributed by atoms with Crippen LogP contribution in [0.15, 0.2) is 54.6 Å². The normalized spacial score (nSPS) is 16.5. The molecule has 1 unspecified atom stereocenters. The van der Waals surface area contributed by atoms with Crippen LogP contribution in [0.25, 0.3) is 0 Å². The molecule has 1 aliphatic rings. The van der Waals surface area contributed by atoms with Crippen LogP contribution in [0, 0.1) is 0 Å². The van der Waals surface area contributed by atoms with Crippen molar-refractivity contribution in [2.24, 2.45) is 0 Å². The molecule has 2 amide bonds. The summed E-state index contributed by atoms with van der Waals surface area (Å²) in [5, 5.41) is 2.70. The molecule has 0 aromatic heterocycles. The third kappa shape index (κ3) is 3.82. The van der Waals surface area contributed by atoms with Crippen LogP contribution in [0.2, 0.25) is 0 Å². The van der Waals surface area contributed by atoms with Crippen LogP contribution in [-0.2, 0) is 16.1 Å². The number of para-hydroxylation sites is 1. The van der Waals surface area contributed by atoms with Crippen molar-refractivity contribution in [3.63, 3.8) is 0 Å². The van der Waals surface area contributed by atoms with Crippen LogP contribution in [-0.4, -0.2) is 17.6 Å². The minimum absolute atomic E-state index is 0.157. The number of nitrogens with zero attached hydrogens (tertiary/aromatic N) is 1. The molecule has 0 saturated heterocycles. The zero-order chi connectivity index (χ0) is 18.0. The van der Waals surface area contributed by atoms with E-state index >= 15 is 0 Å². The van der Waals surface area contributed by atoms with Crippen molar-refractivity contribution in [2.45, 2.75) is 39.0 Å². The van der Waals surface area contributed by atoms with Gasteiger partial charge in [0.1, 0.15) is 11.6 Å². The maximum Gasteiger partial charge on any atom is 0.408 e. The Morgan fingerprint density at radius 2 is 1.72 bits per heavy atom. The first kappa shape index (κ1) is 17.0. The highest BCUT2D eigenvalue weighted by Crippen LogP contribution is 2.36. The van der Waals surface area contributed by atoms with E-state index in [9.17, 15) is 9.59 Å². The van der Waals surface area contributed by atoms with Gasteiger partial charge in [0.15, 0.2) is 0 Å². The van der Waals surface area contributed by atoms with Gasteiger partial charge in [-0.05, 0) is 32.4 Å². The van der Waals surface area contributed by atoms with Crippen molar-refractivity contribution in [1.82, 2.24) is 5.32 Å². The molecule has 25 heavy (non-hydrogen) atoms. The molecule has 3 rings (SSSR count). The SMILES string of the molecule is CC(C)(C)OC(=O)NC1C(=O)N(Cc2ccccc2)c2ccccc21. The van der Waals surface area contributed by atoms with Crippen LogP contribution in [0.5, 0.6) is 0 Å². The number of amides is 2. The molecule has 130 valence electrons. The van der Waals surface area contributed by atoms with Gasteiger partial charge in [-0.25, -0.2) is 4.79 Å². The molecule has 0 radical (unpaired) electrons. The number of alkyl carbamates (subject to hydrolysis) is 1. The van der Waals surface area contributed by atoms with Crippen LogP contribution in [0.3, 0.4) is 0 Å². The van der Waals surface area contributed by atoms with Gasteiger partial charge in [-0.2, -0.15) is 0 Å². The van der Waals surface area contributed by atoms with Crippen molar-refractivity contribution < 1.29 is 14.3 Å². The van der Waals surface area contributed by atoms with E-state index in [0.29, 0.717) is 6.54 Å². The number of fused-ring (bicyclic) bond motifs is 1. The smallest absolute Gasteiger partial charge is 0.408 e.